The van der Waals surface area contributed by atoms with Crippen LogP contribution in [0.1, 0.15) is 19.4 Å². The molecule has 4 nitrogen and oxygen atoms in total. The molecule has 1 aliphatic rings. The number of amides is 2. The summed E-state index contributed by atoms with van der Waals surface area (Å²) in [6, 6.07) is 7.73. The summed E-state index contributed by atoms with van der Waals surface area (Å²) in [5.74, 6) is -0.694. The van der Waals surface area contributed by atoms with E-state index in [-0.39, 0.29) is 30.2 Å². The third-order valence-electron chi connectivity index (χ3n) is 4.14. The molecule has 0 bridgehead atoms. The van der Waals surface area contributed by atoms with E-state index in [1.165, 1.54) is 4.90 Å². The Morgan fingerprint density at radius 2 is 1.86 bits per heavy atom. The Balaban J connectivity index is 2.03. The van der Waals surface area contributed by atoms with Crippen LogP contribution in [0.3, 0.4) is 0 Å². The van der Waals surface area contributed by atoms with Gasteiger partial charge in [-0.1, -0.05) is 35.8 Å². The highest BCUT2D eigenvalue weighted by Gasteiger charge is 2.42. The fraction of sp³-hybridized carbons (Fsp3) is 0.312. The minimum atomic E-state index is -0.246. The number of halogens is 1. The predicted molar refractivity (Wildman–Crippen MR) is 83.3 cm³/mol. The topological polar surface area (TPSA) is 50.3 Å². The van der Waals surface area contributed by atoms with E-state index in [2.05, 4.69) is 20.9 Å². The Kier molecular flexibility index (Phi) is 3.53. The molecule has 0 N–H and O–H groups in total. The van der Waals surface area contributed by atoms with Gasteiger partial charge >= 0.3 is 0 Å². The van der Waals surface area contributed by atoms with Crippen LogP contribution in [0.25, 0.3) is 10.9 Å². The second kappa shape index (κ2) is 5.22. The fourth-order valence-electron chi connectivity index (χ4n) is 2.70. The number of hydrogen-bond donors (Lipinski definition) is 0. The normalized spacial score (nSPS) is 22.3. The highest BCUT2D eigenvalue weighted by molar-refractivity contribution is 9.10. The van der Waals surface area contributed by atoms with E-state index in [1.807, 2.05) is 38.1 Å². The molecule has 2 aromatic rings. The van der Waals surface area contributed by atoms with Gasteiger partial charge in [0.15, 0.2) is 0 Å². The highest BCUT2D eigenvalue weighted by atomic mass is 79.9. The lowest BCUT2D eigenvalue weighted by molar-refractivity contribution is -0.140. The van der Waals surface area contributed by atoms with Gasteiger partial charge in [0.25, 0.3) is 0 Å². The van der Waals surface area contributed by atoms with E-state index in [4.69, 9.17) is 0 Å². The number of fused-ring (bicyclic) bond motifs is 1. The molecule has 0 spiro atoms. The van der Waals surface area contributed by atoms with Gasteiger partial charge in [-0.05, 0) is 23.8 Å². The number of nitrogens with zero attached hydrogens (tertiary/aromatic N) is 2. The van der Waals surface area contributed by atoms with Gasteiger partial charge in [0, 0.05) is 27.9 Å². The van der Waals surface area contributed by atoms with Gasteiger partial charge in [-0.3, -0.25) is 19.5 Å². The number of likely N-dealkylation sites (tertiary alicyclic amines) is 1. The molecule has 1 aromatic carbocycles. The number of hydrogen-bond acceptors (Lipinski definition) is 3. The summed E-state index contributed by atoms with van der Waals surface area (Å²) in [6.07, 6.45) is 1.72. The molecule has 0 radical (unpaired) electrons. The lowest BCUT2D eigenvalue weighted by atomic mass is 10.00. The maximum atomic E-state index is 12.2. The maximum absolute atomic E-state index is 12.2. The standard InChI is InChI=1S/C16H15BrN2O2/c1-9-10(2)16(21)19(15(9)20)8-12-7-13(17)6-11-4-3-5-18-14(11)12/h3-7,9-10H,8H2,1-2H3. The molecule has 2 heterocycles. The first-order chi connectivity index (χ1) is 9.99. The molecule has 2 unspecified atom stereocenters. The number of imide groups is 1. The van der Waals surface area contributed by atoms with Gasteiger partial charge in [0.2, 0.25) is 11.8 Å². The molecule has 1 aliphatic heterocycles. The van der Waals surface area contributed by atoms with Crippen molar-refractivity contribution in [3.63, 3.8) is 0 Å². The van der Waals surface area contributed by atoms with Crippen LogP contribution in [0.2, 0.25) is 0 Å². The first-order valence-electron chi connectivity index (χ1n) is 6.87. The van der Waals surface area contributed by atoms with Gasteiger partial charge in [-0.2, -0.15) is 0 Å². The molecule has 3 rings (SSSR count). The molecule has 1 aromatic heterocycles. The minimum absolute atomic E-state index is 0.100. The van der Waals surface area contributed by atoms with Gasteiger partial charge in [-0.25, -0.2) is 0 Å². The monoisotopic (exact) mass is 346 g/mol. The van der Waals surface area contributed by atoms with Gasteiger partial charge in [0.1, 0.15) is 0 Å². The zero-order valence-corrected chi connectivity index (χ0v) is 13.4. The average molecular weight is 347 g/mol. The van der Waals surface area contributed by atoms with Crippen LogP contribution in [0.4, 0.5) is 0 Å². The number of benzene rings is 1. The number of rotatable bonds is 2. The zero-order chi connectivity index (χ0) is 15.1. The number of carbonyl (C=O) groups excluding carboxylic acids is 2. The quantitative estimate of drug-likeness (QED) is 0.785. The SMILES string of the molecule is CC1C(=O)N(Cc2cc(Br)cc3cccnc23)C(=O)C1C. The first kappa shape index (κ1) is 14.2. The lowest BCUT2D eigenvalue weighted by Crippen LogP contribution is -2.30. The highest BCUT2D eigenvalue weighted by Crippen LogP contribution is 2.29. The van der Waals surface area contributed by atoms with E-state index in [0.29, 0.717) is 0 Å². The fourth-order valence-corrected chi connectivity index (χ4v) is 3.23. The Morgan fingerprint density at radius 3 is 2.52 bits per heavy atom. The van der Waals surface area contributed by atoms with Crippen molar-refractivity contribution < 1.29 is 9.59 Å². The van der Waals surface area contributed by atoms with Crippen molar-refractivity contribution in [3.05, 3.63) is 40.5 Å². The molecule has 5 heteroatoms. The largest absolute Gasteiger partial charge is 0.278 e. The predicted octanol–water partition coefficient (Wildman–Crippen LogP) is 3.14. The van der Waals surface area contributed by atoms with Crippen molar-refractivity contribution in [2.45, 2.75) is 20.4 Å². The van der Waals surface area contributed by atoms with Gasteiger partial charge < -0.3 is 0 Å². The molecule has 0 saturated carbocycles. The third kappa shape index (κ3) is 2.35. The van der Waals surface area contributed by atoms with Crippen LogP contribution >= 0.6 is 15.9 Å². The molecule has 1 saturated heterocycles. The average Bonchev–Trinajstić information content (AvgIpc) is 2.65. The number of pyridine rings is 1. The summed E-state index contributed by atoms with van der Waals surface area (Å²) in [6.45, 7) is 3.89. The van der Waals surface area contributed by atoms with Crippen molar-refractivity contribution in [2.24, 2.45) is 11.8 Å². The summed E-state index contributed by atoms with van der Waals surface area (Å²) in [5.41, 5.74) is 1.71. The summed E-state index contributed by atoms with van der Waals surface area (Å²) < 4.78 is 0.915. The van der Waals surface area contributed by atoms with Crippen molar-refractivity contribution in [1.29, 1.82) is 0 Å². The van der Waals surface area contributed by atoms with Gasteiger partial charge in [0.05, 0.1) is 12.1 Å². The first-order valence-corrected chi connectivity index (χ1v) is 7.66. The zero-order valence-electron chi connectivity index (χ0n) is 11.8. The van der Waals surface area contributed by atoms with Crippen molar-refractivity contribution >= 4 is 38.6 Å². The van der Waals surface area contributed by atoms with Crippen LogP contribution in [-0.2, 0) is 16.1 Å². The maximum Gasteiger partial charge on any atom is 0.233 e. The summed E-state index contributed by atoms with van der Waals surface area (Å²) in [5, 5.41) is 0.988. The van der Waals surface area contributed by atoms with Crippen molar-refractivity contribution in [3.8, 4) is 0 Å². The van der Waals surface area contributed by atoms with Crippen LogP contribution in [0, 0.1) is 11.8 Å². The van der Waals surface area contributed by atoms with Crippen molar-refractivity contribution in [2.75, 3.05) is 0 Å². The Hall–Kier alpha value is -1.75. The molecule has 2 amide bonds. The van der Waals surface area contributed by atoms with E-state index in [9.17, 15) is 9.59 Å². The number of carbonyl (C=O) groups is 2. The Bertz CT molecular complexity index is 724. The summed E-state index contributed by atoms with van der Waals surface area (Å²) in [4.78, 5) is 30.2. The lowest BCUT2D eigenvalue weighted by Gasteiger charge is -2.16. The molecular weight excluding hydrogens is 332 g/mol. The van der Waals surface area contributed by atoms with Crippen LogP contribution in [0.5, 0.6) is 0 Å². The summed E-state index contributed by atoms with van der Waals surface area (Å²) >= 11 is 3.47. The van der Waals surface area contributed by atoms with E-state index >= 15 is 0 Å². The van der Waals surface area contributed by atoms with E-state index in [1.54, 1.807) is 6.20 Å². The molecule has 108 valence electrons. The van der Waals surface area contributed by atoms with Crippen LogP contribution < -0.4 is 0 Å². The van der Waals surface area contributed by atoms with Gasteiger partial charge in [-0.15, -0.1) is 0 Å². The second-order valence-corrected chi connectivity index (χ2v) is 6.40. The Labute approximate surface area is 131 Å². The molecule has 2 atom stereocenters. The van der Waals surface area contributed by atoms with Crippen LogP contribution in [0.15, 0.2) is 34.9 Å². The molecule has 21 heavy (non-hydrogen) atoms. The van der Waals surface area contributed by atoms with Crippen molar-refractivity contribution in [1.82, 2.24) is 9.88 Å². The van der Waals surface area contributed by atoms with E-state index < -0.39 is 0 Å². The Morgan fingerprint density at radius 1 is 1.19 bits per heavy atom. The number of aromatic nitrogens is 1. The minimum Gasteiger partial charge on any atom is -0.278 e. The van der Waals surface area contributed by atoms with Crippen LogP contribution in [-0.4, -0.2) is 21.7 Å². The molecular formula is C16H15BrN2O2. The second-order valence-electron chi connectivity index (χ2n) is 5.48. The summed E-state index contributed by atoms with van der Waals surface area (Å²) in [7, 11) is 0. The smallest absolute Gasteiger partial charge is 0.233 e. The third-order valence-corrected chi connectivity index (χ3v) is 4.60. The molecule has 1 fully saturated rings. The van der Waals surface area contributed by atoms with E-state index in [0.717, 1.165) is 20.9 Å². The molecule has 0 aliphatic carbocycles.